The second kappa shape index (κ2) is 7.57. The van der Waals surface area contributed by atoms with E-state index in [4.69, 9.17) is 4.74 Å². The van der Waals surface area contributed by atoms with Crippen molar-refractivity contribution in [1.82, 2.24) is 0 Å². The molecule has 0 radical (unpaired) electrons. The zero-order chi connectivity index (χ0) is 19.5. The number of sulfonamides is 1. The van der Waals surface area contributed by atoms with Gasteiger partial charge >= 0.3 is 5.97 Å². The van der Waals surface area contributed by atoms with Gasteiger partial charge in [0.25, 0.3) is 0 Å². The lowest BCUT2D eigenvalue weighted by atomic mass is 10.1. The molecule has 0 spiro atoms. The van der Waals surface area contributed by atoms with E-state index in [1.807, 2.05) is 0 Å². The number of phenolic OH excluding ortho intramolecular Hbond substituents is 1. The van der Waals surface area contributed by atoms with Crippen LogP contribution in [0, 0.1) is 6.92 Å². The van der Waals surface area contributed by atoms with Crippen LogP contribution in [-0.4, -0.2) is 37.6 Å². The number of carbonyl (C=O) groups is 2. The maximum Gasteiger partial charge on any atom is 0.342 e. The van der Waals surface area contributed by atoms with Gasteiger partial charge in [0, 0.05) is 11.3 Å². The number of carbonyl (C=O) groups excluding carboxylic acids is 2. The van der Waals surface area contributed by atoms with Crippen LogP contribution in [0.3, 0.4) is 0 Å². The van der Waals surface area contributed by atoms with E-state index in [1.54, 1.807) is 19.1 Å². The van der Waals surface area contributed by atoms with E-state index < -0.39 is 27.9 Å². The van der Waals surface area contributed by atoms with Crippen molar-refractivity contribution < 1.29 is 27.9 Å². The Kier molecular flexibility index (Phi) is 5.66. The van der Waals surface area contributed by atoms with Crippen LogP contribution in [0.1, 0.15) is 33.2 Å². The summed E-state index contributed by atoms with van der Waals surface area (Å²) in [5.74, 6) is -1.44. The molecule has 0 saturated heterocycles. The second-order valence-electron chi connectivity index (χ2n) is 5.83. The van der Waals surface area contributed by atoms with Crippen molar-refractivity contribution in [2.45, 2.75) is 20.0 Å². The molecule has 0 bridgehead atoms. The van der Waals surface area contributed by atoms with Gasteiger partial charge in [0.05, 0.1) is 6.26 Å². The average Bonchev–Trinajstić information content (AvgIpc) is 2.55. The Labute approximate surface area is 151 Å². The normalized spacial score (nSPS) is 12.3. The van der Waals surface area contributed by atoms with Crippen molar-refractivity contribution in [3.63, 3.8) is 0 Å². The molecule has 138 valence electrons. The monoisotopic (exact) mass is 377 g/mol. The number of nitrogens with one attached hydrogen (secondary N) is 1. The summed E-state index contributed by atoms with van der Waals surface area (Å²) in [5, 5.41) is 9.92. The maximum atomic E-state index is 12.4. The number of ether oxygens (including phenoxy) is 1. The molecule has 0 aliphatic rings. The van der Waals surface area contributed by atoms with Crippen LogP contribution in [-0.2, 0) is 14.8 Å². The molecule has 2 rings (SSSR count). The highest BCUT2D eigenvalue weighted by Crippen LogP contribution is 2.23. The van der Waals surface area contributed by atoms with Crippen molar-refractivity contribution in [2.24, 2.45) is 0 Å². The van der Waals surface area contributed by atoms with Gasteiger partial charge in [-0.25, -0.2) is 13.2 Å². The Morgan fingerprint density at radius 2 is 1.73 bits per heavy atom. The average molecular weight is 377 g/mol. The second-order valence-corrected chi connectivity index (χ2v) is 7.58. The first kappa shape index (κ1) is 19.5. The smallest absolute Gasteiger partial charge is 0.342 e. The molecule has 0 aliphatic heterocycles. The van der Waals surface area contributed by atoms with Crippen molar-refractivity contribution in [3.05, 3.63) is 59.2 Å². The van der Waals surface area contributed by atoms with Crippen molar-refractivity contribution in [2.75, 3.05) is 11.0 Å². The molecule has 0 saturated carbocycles. The van der Waals surface area contributed by atoms with Gasteiger partial charge in [-0.2, -0.15) is 0 Å². The molecule has 0 unspecified atom stereocenters. The predicted molar refractivity (Wildman–Crippen MR) is 97.0 cm³/mol. The number of anilines is 1. The summed E-state index contributed by atoms with van der Waals surface area (Å²) in [5.41, 5.74) is 1.08. The molecule has 2 aromatic carbocycles. The first-order chi connectivity index (χ1) is 12.1. The minimum atomic E-state index is -3.41. The van der Waals surface area contributed by atoms with Gasteiger partial charge in [-0.15, -0.1) is 0 Å². The summed E-state index contributed by atoms with van der Waals surface area (Å²) in [6, 6.07) is 10.4. The number of hydrogen-bond donors (Lipinski definition) is 2. The van der Waals surface area contributed by atoms with E-state index in [0.29, 0.717) is 11.3 Å². The lowest BCUT2D eigenvalue weighted by Gasteiger charge is -2.14. The fraction of sp³-hybridized carbons (Fsp3) is 0.222. The van der Waals surface area contributed by atoms with Crippen LogP contribution in [0.25, 0.3) is 0 Å². The number of Topliss-reactive ketones (excluding diaryl/α,β-unsaturated/α-hetero) is 1. The van der Waals surface area contributed by atoms with Crippen molar-refractivity contribution in [1.29, 1.82) is 0 Å². The van der Waals surface area contributed by atoms with Crippen LogP contribution in [0.2, 0.25) is 0 Å². The molecular formula is C18H19NO6S. The van der Waals surface area contributed by atoms with Crippen LogP contribution >= 0.6 is 0 Å². The van der Waals surface area contributed by atoms with E-state index in [1.165, 1.54) is 37.3 Å². The van der Waals surface area contributed by atoms with Gasteiger partial charge in [-0.1, -0.05) is 12.1 Å². The van der Waals surface area contributed by atoms with E-state index in [-0.39, 0.29) is 16.9 Å². The van der Waals surface area contributed by atoms with Crippen LogP contribution < -0.4 is 4.72 Å². The molecule has 8 heteroatoms. The molecule has 2 aromatic rings. The topological polar surface area (TPSA) is 110 Å². The molecule has 1 atom stereocenters. The highest BCUT2D eigenvalue weighted by Gasteiger charge is 2.22. The summed E-state index contributed by atoms with van der Waals surface area (Å²) in [6.07, 6.45) is -0.0509. The third kappa shape index (κ3) is 4.82. The first-order valence-electron chi connectivity index (χ1n) is 7.70. The number of phenols is 1. The standard InChI is InChI=1S/C18H19NO6S/c1-11-5-4-6-15(16(11)20)18(22)25-12(2)17(21)13-7-9-14(10-8-13)19-26(3,23)24/h4-10,12,19-20H,1-3H3/t12-/m1/s1. The number of aryl methyl sites for hydroxylation is 1. The maximum absolute atomic E-state index is 12.4. The molecule has 26 heavy (non-hydrogen) atoms. The number of esters is 1. The lowest BCUT2D eigenvalue weighted by molar-refractivity contribution is 0.0316. The molecule has 0 heterocycles. The third-order valence-corrected chi connectivity index (χ3v) is 4.19. The Morgan fingerprint density at radius 3 is 2.31 bits per heavy atom. The van der Waals surface area contributed by atoms with E-state index in [2.05, 4.69) is 4.72 Å². The number of benzene rings is 2. The van der Waals surface area contributed by atoms with Crippen LogP contribution in [0.4, 0.5) is 5.69 Å². The van der Waals surface area contributed by atoms with Crippen LogP contribution in [0.5, 0.6) is 5.75 Å². The van der Waals surface area contributed by atoms with E-state index in [9.17, 15) is 23.1 Å². The molecule has 0 aliphatic carbocycles. The molecule has 0 amide bonds. The zero-order valence-electron chi connectivity index (χ0n) is 14.5. The molecule has 0 fully saturated rings. The highest BCUT2D eigenvalue weighted by molar-refractivity contribution is 7.92. The summed E-state index contributed by atoms with van der Waals surface area (Å²) in [6.45, 7) is 3.07. The fourth-order valence-electron chi connectivity index (χ4n) is 2.25. The summed E-state index contributed by atoms with van der Waals surface area (Å²) >= 11 is 0. The largest absolute Gasteiger partial charge is 0.507 e. The minimum absolute atomic E-state index is 0.0163. The minimum Gasteiger partial charge on any atom is -0.507 e. The molecular weight excluding hydrogens is 358 g/mol. The van der Waals surface area contributed by atoms with Gasteiger partial charge < -0.3 is 9.84 Å². The number of rotatable bonds is 6. The predicted octanol–water partition coefficient (Wildman–Crippen LogP) is 2.50. The SMILES string of the molecule is Cc1cccc(C(=O)O[C@H](C)C(=O)c2ccc(NS(C)(=O)=O)cc2)c1O. The number of hydrogen-bond acceptors (Lipinski definition) is 6. The number of para-hydroxylation sites is 1. The van der Waals surface area contributed by atoms with Gasteiger partial charge in [0.15, 0.2) is 6.10 Å². The quantitative estimate of drug-likeness (QED) is 0.591. The third-order valence-electron chi connectivity index (χ3n) is 3.58. The van der Waals surface area contributed by atoms with Gasteiger partial charge in [0.1, 0.15) is 11.3 Å². The van der Waals surface area contributed by atoms with E-state index >= 15 is 0 Å². The zero-order valence-corrected chi connectivity index (χ0v) is 15.3. The van der Waals surface area contributed by atoms with Crippen molar-refractivity contribution in [3.8, 4) is 5.75 Å². The van der Waals surface area contributed by atoms with Gasteiger partial charge in [-0.3, -0.25) is 9.52 Å². The van der Waals surface area contributed by atoms with E-state index in [0.717, 1.165) is 6.26 Å². The first-order valence-corrected chi connectivity index (χ1v) is 9.59. The molecule has 7 nitrogen and oxygen atoms in total. The summed E-state index contributed by atoms with van der Waals surface area (Å²) in [4.78, 5) is 24.5. The van der Waals surface area contributed by atoms with Gasteiger partial charge in [0.2, 0.25) is 15.8 Å². The number of aromatic hydroxyl groups is 1. The molecule has 0 aromatic heterocycles. The Morgan fingerprint density at radius 1 is 1.12 bits per heavy atom. The Hall–Kier alpha value is -2.87. The van der Waals surface area contributed by atoms with Crippen LogP contribution in [0.15, 0.2) is 42.5 Å². The Balaban J connectivity index is 2.09. The van der Waals surface area contributed by atoms with Gasteiger partial charge in [-0.05, 0) is 49.7 Å². The lowest BCUT2D eigenvalue weighted by Crippen LogP contribution is -2.24. The molecule has 2 N–H and O–H groups in total. The highest BCUT2D eigenvalue weighted by atomic mass is 32.2. The Bertz CT molecular complexity index is 935. The van der Waals surface area contributed by atoms with Crippen molar-refractivity contribution >= 4 is 27.5 Å². The summed E-state index contributed by atoms with van der Waals surface area (Å²) in [7, 11) is -3.41. The number of ketones is 1. The fourth-order valence-corrected chi connectivity index (χ4v) is 2.82. The summed E-state index contributed by atoms with van der Waals surface area (Å²) < 4.78 is 29.8.